The Morgan fingerprint density at radius 3 is 2.50 bits per heavy atom. The Kier molecular flexibility index (Phi) is 8.75. The van der Waals surface area contributed by atoms with Crippen molar-refractivity contribution < 1.29 is 4.79 Å². The summed E-state index contributed by atoms with van der Waals surface area (Å²) in [6.07, 6.45) is 3.76. The predicted molar refractivity (Wildman–Crippen MR) is 122 cm³/mol. The van der Waals surface area contributed by atoms with Crippen molar-refractivity contribution in [2.75, 3.05) is 32.7 Å². The number of amides is 1. The second kappa shape index (κ2) is 11.0. The third-order valence-electron chi connectivity index (χ3n) is 4.67. The van der Waals surface area contributed by atoms with Crippen molar-refractivity contribution in [3.63, 3.8) is 0 Å². The van der Waals surface area contributed by atoms with Gasteiger partial charge in [-0.25, -0.2) is 4.99 Å². The SMILES string of the molecule is CCNC(=NCc1cccc(Cn2cccn2)c1)N1CCN(C(C)=O)CC1.I. The number of aliphatic imine (C=N–C) groups is 1. The van der Waals surface area contributed by atoms with E-state index in [0.717, 1.165) is 45.2 Å². The van der Waals surface area contributed by atoms with Gasteiger partial charge < -0.3 is 15.1 Å². The van der Waals surface area contributed by atoms with Crippen LogP contribution in [0.3, 0.4) is 0 Å². The summed E-state index contributed by atoms with van der Waals surface area (Å²) >= 11 is 0. The first-order chi connectivity index (χ1) is 13.2. The minimum Gasteiger partial charge on any atom is -0.357 e. The number of nitrogens with zero attached hydrogens (tertiary/aromatic N) is 5. The average Bonchev–Trinajstić information content (AvgIpc) is 3.18. The number of piperazine rings is 1. The Balaban J connectivity index is 0.00000280. The van der Waals surface area contributed by atoms with Gasteiger partial charge in [0.15, 0.2) is 5.96 Å². The number of guanidine groups is 1. The first kappa shape index (κ1) is 22.2. The molecule has 1 N–H and O–H groups in total. The fourth-order valence-electron chi connectivity index (χ4n) is 3.23. The van der Waals surface area contributed by atoms with Crippen LogP contribution in [0.1, 0.15) is 25.0 Å². The van der Waals surface area contributed by atoms with Crippen LogP contribution in [0.5, 0.6) is 0 Å². The van der Waals surface area contributed by atoms with E-state index in [1.54, 1.807) is 13.1 Å². The highest BCUT2D eigenvalue weighted by Crippen LogP contribution is 2.09. The van der Waals surface area contributed by atoms with E-state index in [-0.39, 0.29) is 29.9 Å². The lowest BCUT2D eigenvalue weighted by Gasteiger charge is -2.36. The Hall–Kier alpha value is -2.10. The second-order valence-electron chi connectivity index (χ2n) is 6.69. The molecule has 0 saturated carbocycles. The number of nitrogens with one attached hydrogen (secondary N) is 1. The molecule has 2 aromatic rings. The van der Waals surface area contributed by atoms with E-state index in [4.69, 9.17) is 4.99 Å². The molecule has 2 heterocycles. The zero-order valence-corrected chi connectivity index (χ0v) is 18.9. The molecule has 1 aromatic heterocycles. The lowest BCUT2D eigenvalue weighted by atomic mass is 10.1. The molecule has 3 rings (SSSR count). The molecule has 0 aliphatic carbocycles. The maximum Gasteiger partial charge on any atom is 0.219 e. The predicted octanol–water partition coefficient (Wildman–Crippen LogP) is 2.18. The molecular formula is C20H29IN6O. The molecule has 0 atom stereocenters. The molecule has 7 nitrogen and oxygen atoms in total. The third kappa shape index (κ3) is 6.22. The standard InChI is InChI=1S/C20H28N6O.HI/c1-3-21-20(25-12-10-24(11-13-25)17(2)27)22-15-18-6-4-7-19(14-18)16-26-9-5-8-23-26;/h4-9,14H,3,10-13,15-16H2,1-2H3,(H,21,22);1H. The van der Waals surface area contributed by atoms with Crippen LogP contribution in [0.25, 0.3) is 0 Å². The molecular weight excluding hydrogens is 467 g/mol. The third-order valence-corrected chi connectivity index (χ3v) is 4.67. The fraction of sp³-hybridized carbons (Fsp3) is 0.450. The summed E-state index contributed by atoms with van der Waals surface area (Å²) in [7, 11) is 0. The highest BCUT2D eigenvalue weighted by atomic mass is 127. The van der Waals surface area contributed by atoms with Gasteiger partial charge in [-0.15, -0.1) is 24.0 Å². The van der Waals surface area contributed by atoms with Gasteiger partial charge in [0.25, 0.3) is 0 Å². The zero-order chi connectivity index (χ0) is 19.1. The monoisotopic (exact) mass is 496 g/mol. The largest absolute Gasteiger partial charge is 0.357 e. The van der Waals surface area contributed by atoms with Crippen LogP contribution in [0.15, 0.2) is 47.7 Å². The first-order valence-corrected chi connectivity index (χ1v) is 9.49. The summed E-state index contributed by atoms with van der Waals surface area (Å²) in [6, 6.07) is 10.4. The smallest absolute Gasteiger partial charge is 0.219 e. The maximum atomic E-state index is 11.5. The number of hydrogen-bond donors (Lipinski definition) is 1. The highest BCUT2D eigenvalue weighted by molar-refractivity contribution is 14.0. The van der Waals surface area contributed by atoms with E-state index in [9.17, 15) is 4.79 Å². The number of carbonyl (C=O) groups excluding carboxylic acids is 1. The molecule has 0 bridgehead atoms. The summed E-state index contributed by atoms with van der Waals surface area (Å²) in [6.45, 7) is 9.04. The quantitative estimate of drug-likeness (QED) is 0.392. The number of aromatic nitrogens is 2. The van der Waals surface area contributed by atoms with Crippen molar-refractivity contribution in [2.45, 2.75) is 26.9 Å². The Morgan fingerprint density at radius 1 is 1.14 bits per heavy atom. The number of rotatable bonds is 5. The summed E-state index contributed by atoms with van der Waals surface area (Å²) in [4.78, 5) is 20.5. The van der Waals surface area contributed by atoms with E-state index in [2.05, 4.69) is 46.5 Å². The first-order valence-electron chi connectivity index (χ1n) is 9.49. The molecule has 1 saturated heterocycles. The minimum atomic E-state index is 0. The molecule has 8 heteroatoms. The van der Waals surface area contributed by atoms with E-state index < -0.39 is 0 Å². The lowest BCUT2D eigenvalue weighted by molar-refractivity contribution is -0.130. The average molecular weight is 496 g/mol. The van der Waals surface area contributed by atoms with Crippen molar-refractivity contribution in [3.8, 4) is 0 Å². The van der Waals surface area contributed by atoms with E-state index >= 15 is 0 Å². The van der Waals surface area contributed by atoms with Gasteiger partial charge in [0, 0.05) is 52.0 Å². The van der Waals surface area contributed by atoms with Crippen molar-refractivity contribution in [1.82, 2.24) is 24.9 Å². The molecule has 1 amide bonds. The van der Waals surface area contributed by atoms with Gasteiger partial charge in [0.1, 0.15) is 0 Å². The van der Waals surface area contributed by atoms with Gasteiger partial charge in [-0.05, 0) is 24.1 Å². The molecule has 1 fully saturated rings. The van der Waals surface area contributed by atoms with E-state index in [0.29, 0.717) is 6.54 Å². The maximum absolute atomic E-state index is 11.5. The van der Waals surface area contributed by atoms with Crippen LogP contribution in [0.2, 0.25) is 0 Å². The Morgan fingerprint density at radius 2 is 1.86 bits per heavy atom. The Bertz CT molecular complexity index is 769. The van der Waals surface area contributed by atoms with Crippen molar-refractivity contribution in [1.29, 1.82) is 0 Å². The molecule has 1 aromatic carbocycles. The normalized spacial score (nSPS) is 14.6. The molecule has 0 radical (unpaired) electrons. The van der Waals surface area contributed by atoms with Crippen LogP contribution >= 0.6 is 24.0 Å². The van der Waals surface area contributed by atoms with Gasteiger partial charge in [-0.2, -0.15) is 5.10 Å². The molecule has 152 valence electrons. The van der Waals surface area contributed by atoms with Crippen molar-refractivity contribution >= 4 is 35.8 Å². The van der Waals surface area contributed by atoms with Crippen molar-refractivity contribution in [2.24, 2.45) is 4.99 Å². The second-order valence-corrected chi connectivity index (χ2v) is 6.69. The van der Waals surface area contributed by atoms with E-state index in [1.807, 2.05) is 21.8 Å². The van der Waals surface area contributed by atoms with Crippen LogP contribution in [0.4, 0.5) is 0 Å². The lowest BCUT2D eigenvalue weighted by Crippen LogP contribution is -2.53. The summed E-state index contributed by atoms with van der Waals surface area (Å²) < 4.78 is 1.92. The van der Waals surface area contributed by atoms with E-state index in [1.165, 1.54) is 11.1 Å². The summed E-state index contributed by atoms with van der Waals surface area (Å²) in [5.41, 5.74) is 2.39. The highest BCUT2D eigenvalue weighted by Gasteiger charge is 2.20. The van der Waals surface area contributed by atoms with Crippen LogP contribution in [-0.2, 0) is 17.9 Å². The molecule has 0 unspecified atom stereocenters. The minimum absolute atomic E-state index is 0. The summed E-state index contributed by atoms with van der Waals surface area (Å²) in [5.74, 6) is 1.06. The van der Waals surface area contributed by atoms with Crippen LogP contribution in [0, 0.1) is 0 Å². The van der Waals surface area contributed by atoms with Gasteiger partial charge in [0.05, 0.1) is 13.1 Å². The number of halogens is 1. The number of hydrogen-bond acceptors (Lipinski definition) is 3. The number of carbonyl (C=O) groups is 1. The van der Waals surface area contributed by atoms with Crippen LogP contribution < -0.4 is 5.32 Å². The van der Waals surface area contributed by atoms with Gasteiger partial charge in [-0.1, -0.05) is 24.3 Å². The fourth-order valence-corrected chi connectivity index (χ4v) is 3.23. The van der Waals surface area contributed by atoms with Crippen molar-refractivity contribution in [3.05, 3.63) is 53.9 Å². The Labute approximate surface area is 183 Å². The zero-order valence-electron chi connectivity index (χ0n) is 16.5. The number of benzene rings is 1. The molecule has 0 spiro atoms. The van der Waals surface area contributed by atoms with Gasteiger partial charge in [0.2, 0.25) is 5.91 Å². The summed E-state index contributed by atoms with van der Waals surface area (Å²) in [5, 5.41) is 7.64. The van der Waals surface area contributed by atoms with Crippen LogP contribution in [-0.4, -0.2) is 64.2 Å². The topological polar surface area (TPSA) is 65.8 Å². The molecule has 1 aliphatic rings. The van der Waals surface area contributed by atoms with Gasteiger partial charge in [-0.3, -0.25) is 9.48 Å². The molecule has 28 heavy (non-hydrogen) atoms. The molecule has 1 aliphatic heterocycles. The van der Waals surface area contributed by atoms with Gasteiger partial charge >= 0.3 is 0 Å².